The molecule has 0 bridgehead atoms. The Labute approximate surface area is 85.4 Å². The first-order valence-corrected chi connectivity index (χ1v) is 6.36. The van der Waals surface area contributed by atoms with Crippen LogP contribution in [0.2, 0.25) is 0 Å². The lowest BCUT2D eigenvalue weighted by atomic mass is 9.81. The second-order valence-electron chi connectivity index (χ2n) is 4.07. The van der Waals surface area contributed by atoms with Crippen LogP contribution in [0.5, 0.6) is 0 Å². The van der Waals surface area contributed by atoms with Crippen LogP contribution in [0.4, 0.5) is 0 Å². The van der Waals surface area contributed by atoms with Crippen LogP contribution in [0.15, 0.2) is 4.99 Å². The number of aliphatic imine (C=N–C) groups is 1. The van der Waals surface area contributed by atoms with E-state index >= 15 is 0 Å². The van der Waals surface area contributed by atoms with E-state index in [0.29, 0.717) is 5.92 Å². The van der Waals surface area contributed by atoms with Crippen molar-refractivity contribution in [1.29, 1.82) is 0 Å². The largest absolute Gasteiger partial charge is 0.282 e. The standard InChI is InChI=1S/C11H18NS/c1-9(11-12-7-8-13-11)10-5-3-2-4-6-10/h9-10H,1-8H2. The number of hydrogen-bond acceptors (Lipinski definition) is 2. The van der Waals surface area contributed by atoms with Crippen LogP contribution < -0.4 is 0 Å². The zero-order chi connectivity index (χ0) is 9.10. The Morgan fingerprint density at radius 1 is 1.31 bits per heavy atom. The van der Waals surface area contributed by atoms with Crippen molar-refractivity contribution < 1.29 is 0 Å². The molecular weight excluding hydrogens is 178 g/mol. The van der Waals surface area contributed by atoms with Gasteiger partial charge in [0.1, 0.15) is 0 Å². The summed E-state index contributed by atoms with van der Waals surface area (Å²) in [6.07, 6.45) is 7.02. The fourth-order valence-corrected chi connectivity index (χ4v) is 3.29. The minimum absolute atomic E-state index is 0.507. The van der Waals surface area contributed by atoms with E-state index in [0.717, 1.165) is 12.5 Å². The highest BCUT2D eigenvalue weighted by Crippen LogP contribution is 2.33. The minimum Gasteiger partial charge on any atom is -0.282 e. The molecule has 73 valence electrons. The molecule has 1 aliphatic heterocycles. The maximum atomic E-state index is 4.53. The molecule has 1 radical (unpaired) electrons. The first-order valence-electron chi connectivity index (χ1n) is 5.38. The first kappa shape index (κ1) is 9.57. The molecule has 2 aliphatic rings. The molecule has 0 aromatic heterocycles. The van der Waals surface area contributed by atoms with Crippen LogP contribution >= 0.6 is 11.8 Å². The molecule has 1 fully saturated rings. The van der Waals surface area contributed by atoms with Crippen LogP contribution in [-0.4, -0.2) is 17.3 Å². The summed E-state index contributed by atoms with van der Waals surface area (Å²) in [6.45, 7) is 5.32. The lowest BCUT2D eigenvalue weighted by molar-refractivity contribution is 0.329. The summed E-state index contributed by atoms with van der Waals surface area (Å²) in [5.41, 5.74) is 0. The second kappa shape index (κ2) is 4.50. The molecule has 1 heterocycles. The van der Waals surface area contributed by atoms with Crippen LogP contribution in [0.3, 0.4) is 0 Å². The highest BCUT2D eigenvalue weighted by atomic mass is 32.2. The number of nitrogens with zero attached hydrogens (tertiary/aromatic N) is 1. The van der Waals surface area contributed by atoms with Gasteiger partial charge in [-0.05, 0) is 25.7 Å². The van der Waals surface area contributed by atoms with Crippen molar-refractivity contribution in [2.45, 2.75) is 32.1 Å². The van der Waals surface area contributed by atoms with Crippen molar-refractivity contribution in [2.24, 2.45) is 16.8 Å². The van der Waals surface area contributed by atoms with Crippen molar-refractivity contribution in [3.05, 3.63) is 6.92 Å². The van der Waals surface area contributed by atoms with Crippen LogP contribution in [-0.2, 0) is 0 Å². The molecule has 0 spiro atoms. The van der Waals surface area contributed by atoms with Crippen molar-refractivity contribution >= 4 is 16.8 Å². The Morgan fingerprint density at radius 3 is 2.69 bits per heavy atom. The summed E-state index contributed by atoms with van der Waals surface area (Å²) in [5.74, 6) is 2.53. The number of thioether (sulfide) groups is 1. The van der Waals surface area contributed by atoms with Gasteiger partial charge in [0.25, 0.3) is 0 Å². The molecule has 13 heavy (non-hydrogen) atoms. The quantitative estimate of drug-likeness (QED) is 0.661. The molecule has 2 rings (SSSR count). The van der Waals surface area contributed by atoms with Crippen LogP contribution in [0.1, 0.15) is 32.1 Å². The molecule has 0 aromatic rings. The third kappa shape index (κ3) is 2.28. The maximum absolute atomic E-state index is 4.53. The topological polar surface area (TPSA) is 12.4 Å². The van der Waals surface area contributed by atoms with Gasteiger partial charge >= 0.3 is 0 Å². The lowest BCUT2D eigenvalue weighted by Crippen LogP contribution is -2.20. The van der Waals surface area contributed by atoms with E-state index in [1.807, 2.05) is 11.8 Å². The van der Waals surface area contributed by atoms with Gasteiger partial charge in [0.2, 0.25) is 0 Å². The Bertz CT molecular complexity index is 194. The van der Waals surface area contributed by atoms with E-state index in [1.54, 1.807) is 0 Å². The minimum atomic E-state index is 0.507. The predicted molar refractivity (Wildman–Crippen MR) is 60.2 cm³/mol. The third-order valence-corrected chi connectivity index (χ3v) is 4.26. The first-order chi connectivity index (χ1) is 6.38. The van der Waals surface area contributed by atoms with Gasteiger partial charge in [-0.15, -0.1) is 11.8 Å². The van der Waals surface area contributed by atoms with Gasteiger partial charge in [0, 0.05) is 18.2 Å². The van der Waals surface area contributed by atoms with Gasteiger partial charge in [-0.3, -0.25) is 4.99 Å². The smallest absolute Gasteiger partial charge is 0.0710 e. The molecule has 1 saturated carbocycles. The van der Waals surface area contributed by atoms with E-state index in [1.165, 1.54) is 42.9 Å². The molecule has 0 N–H and O–H groups in total. The normalized spacial score (nSPS) is 27.3. The van der Waals surface area contributed by atoms with Gasteiger partial charge in [-0.2, -0.15) is 0 Å². The molecule has 1 aliphatic carbocycles. The molecule has 0 saturated heterocycles. The Morgan fingerprint density at radius 2 is 2.08 bits per heavy atom. The lowest BCUT2D eigenvalue weighted by Gasteiger charge is -2.27. The summed E-state index contributed by atoms with van der Waals surface area (Å²) in [4.78, 5) is 4.53. The van der Waals surface area contributed by atoms with Gasteiger partial charge in [0.15, 0.2) is 0 Å². The zero-order valence-corrected chi connectivity index (χ0v) is 8.98. The van der Waals surface area contributed by atoms with Gasteiger partial charge in [0.05, 0.1) is 5.04 Å². The monoisotopic (exact) mass is 196 g/mol. The molecular formula is C11H18NS. The van der Waals surface area contributed by atoms with Crippen molar-refractivity contribution in [1.82, 2.24) is 0 Å². The van der Waals surface area contributed by atoms with E-state index in [9.17, 15) is 0 Å². The van der Waals surface area contributed by atoms with E-state index in [2.05, 4.69) is 11.9 Å². The summed E-state index contributed by atoms with van der Waals surface area (Å²) < 4.78 is 0. The SMILES string of the molecule is [CH2]C(C1=NCCS1)C1CCCCC1. The average molecular weight is 196 g/mol. The highest BCUT2D eigenvalue weighted by Gasteiger charge is 2.25. The van der Waals surface area contributed by atoms with Crippen molar-refractivity contribution in [3.63, 3.8) is 0 Å². The van der Waals surface area contributed by atoms with Gasteiger partial charge < -0.3 is 0 Å². The Kier molecular flexibility index (Phi) is 3.31. The fraction of sp³-hybridized carbons (Fsp3) is 0.818. The summed E-state index contributed by atoms with van der Waals surface area (Å²) in [6, 6.07) is 0. The third-order valence-electron chi connectivity index (χ3n) is 3.14. The average Bonchev–Trinajstić information content (AvgIpc) is 2.71. The molecule has 0 aromatic carbocycles. The van der Waals surface area contributed by atoms with Gasteiger partial charge in [-0.25, -0.2) is 0 Å². The molecule has 2 heteroatoms. The van der Waals surface area contributed by atoms with E-state index in [4.69, 9.17) is 0 Å². The molecule has 1 nitrogen and oxygen atoms in total. The summed E-state index contributed by atoms with van der Waals surface area (Å²) >= 11 is 1.93. The molecule has 0 amide bonds. The maximum Gasteiger partial charge on any atom is 0.0710 e. The van der Waals surface area contributed by atoms with Crippen LogP contribution in [0, 0.1) is 18.8 Å². The second-order valence-corrected chi connectivity index (χ2v) is 5.19. The highest BCUT2D eigenvalue weighted by molar-refractivity contribution is 8.14. The number of hydrogen-bond donors (Lipinski definition) is 0. The molecule has 1 unspecified atom stereocenters. The summed E-state index contributed by atoms with van der Waals surface area (Å²) in [7, 11) is 0. The van der Waals surface area contributed by atoms with E-state index < -0.39 is 0 Å². The summed E-state index contributed by atoms with van der Waals surface area (Å²) in [5, 5.41) is 1.34. The molecule has 1 atom stereocenters. The number of rotatable bonds is 2. The van der Waals surface area contributed by atoms with Crippen LogP contribution in [0.25, 0.3) is 0 Å². The van der Waals surface area contributed by atoms with Crippen molar-refractivity contribution in [2.75, 3.05) is 12.3 Å². The van der Waals surface area contributed by atoms with Gasteiger partial charge in [-0.1, -0.05) is 19.3 Å². The zero-order valence-electron chi connectivity index (χ0n) is 8.17. The Hall–Kier alpha value is 0.0200. The van der Waals surface area contributed by atoms with Crippen molar-refractivity contribution in [3.8, 4) is 0 Å². The fourth-order valence-electron chi connectivity index (χ4n) is 2.31. The van der Waals surface area contributed by atoms with E-state index in [-0.39, 0.29) is 0 Å². The predicted octanol–water partition coefficient (Wildman–Crippen LogP) is 3.16. The Balaban J connectivity index is 1.90.